The molecule has 0 saturated heterocycles. The van der Waals surface area contributed by atoms with Gasteiger partial charge in [-0.3, -0.25) is 9.59 Å². The van der Waals surface area contributed by atoms with Crippen LogP contribution in [0, 0.1) is 5.92 Å². The van der Waals surface area contributed by atoms with E-state index < -0.39 is 18.3 Å². The fourth-order valence-electron chi connectivity index (χ4n) is 2.79. The summed E-state index contributed by atoms with van der Waals surface area (Å²) in [6.45, 7) is -0.404. The lowest BCUT2D eigenvalue weighted by atomic mass is 9.87. The average molecular weight is 357 g/mol. The molecule has 1 aromatic carbocycles. The zero-order valence-corrected chi connectivity index (χ0v) is 14.1. The molecule has 0 heterocycles. The van der Waals surface area contributed by atoms with Gasteiger partial charge in [0.1, 0.15) is 0 Å². The molecular weight excluding hydrogens is 336 g/mol. The zero-order valence-electron chi connectivity index (χ0n) is 13.3. The fraction of sp³-hybridized carbons (Fsp3) is 0.529. The number of carbonyl (C=O) groups excluding carboxylic acids is 2. The van der Waals surface area contributed by atoms with Crippen LogP contribution in [-0.2, 0) is 14.3 Å². The number of halogens is 2. The number of rotatable bonds is 7. The number of alkyl halides is 2. The number of nitrogens with one attached hydrogen (secondary N) is 1. The molecule has 0 bridgehead atoms. The highest BCUT2D eigenvalue weighted by molar-refractivity contribution is 7.99. The normalized spacial score (nSPS) is 15.3. The molecule has 1 saturated carbocycles. The van der Waals surface area contributed by atoms with Gasteiger partial charge >= 0.3 is 5.97 Å². The highest BCUT2D eigenvalue weighted by Crippen LogP contribution is 2.31. The summed E-state index contributed by atoms with van der Waals surface area (Å²) in [5.41, 5.74) is 0.288. The predicted molar refractivity (Wildman–Crippen MR) is 89.1 cm³/mol. The van der Waals surface area contributed by atoms with Crippen LogP contribution < -0.4 is 5.32 Å². The quantitative estimate of drug-likeness (QED) is 0.578. The van der Waals surface area contributed by atoms with E-state index in [0.29, 0.717) is 24.1 Å². The molecule has 1 fully saturated rings. The molecule has 4 nitrogen and oxygen atoms in total. The molecule has 1 aliphatic carbocycles. The summed E-state index contributed by atoms with van der Waals surface area (Å²) in [6, 6.07) is 6.29. The first kappa shape index (κ1) is 18.7. The summed E-state index contributed by atoms with van der Waals surface area (Å²) >= 11 is 0.359. The maximum Gasteiger partial charge on any atom is 0.306 e. The lowest BCUT2D eigenvalue weighted by Gasteiger charge is -2.20. The van der Waals surface area contributed by atoms with Gasteiger partial charge in [-0.1, -0.05) is 43.2 Å². The third-order valence-electron chi connectivity index (χ3n) is 3.92. The zero-order chi connectivity index (χ0) is 17.4. The Morgan fingerprint density at radius 2 is 1.92 bits per heavy atom. The molecule has 0 aromatic heterocycles. The molecule has 1 N–H and O–H groups in total. The van der Waals surface area contributed by atoms with Gasteiger partial charge in [-0.15, -0.1) is 0 Å². The van der Waals surface area contributed by atoms with E-state index in [2.05, 4.69) is 5.32 Å². The van der Waals surface area contributed by atoms with Crippen molar-refractivity contribution >= 4 is 29.3 Å². The Labute approximate surface area is 144 Å². The summed E-state index contributed by atoms with van der Waals surface area (Å²) in [5.74, 6) is -3.14. The van der Waals surface area contributed by atoms with Crippen molar-refractivity contribution in [3.63, 3.8) is 0 Å². The van der Waals surface area contributed by atoms with E-state index in [4.69, 9.17) is 4.74 Å². The first-order valence-electron chi connectivity index (χ1n) is 8.04. The Balaban J connectivity index is 1.77. The van der Waals surface area contributed by atoms with Crippen molar-refractivity contribution in [2.75, 3.05) is 11.9 Å². The second kappa shape index (κ2) is 9.61. The SMILES string of the molecule is O=C(COC(=O)CC1CCCCC1)Nc1ccccc1SC(F)F. The Kier molecular flexibility index (Phi) is 7.49. The number of ether oxygens (including phenoxy) is 1. The third kappa shape index (κ3) is 6.47. The number of para-hydroxylation sites is 1. The first-order chi connectivity index (χ1) is 11.5. The van der Waals surface area contributed by atoms with E-state index in [0.717, 1.165) is 25.7 Å². The Hall–Kier alpha value is -1.63. The van der Waals surface area contributed by atoms with E-state index in [1.54, 1.807) is 12.1 Å². The largest absolute Gasteiger partial charge is 0.456 e. The second-order valence-corrected chi connectivity index (χ2v) is 6.82. The first-order valence-corrected chi connectivity index (χ1v) is 8.92. The Morgan fingerprint density at radius 1 is 1.21 bits per heavy atom. The van der Waals surface area contributed by atoms with Gasteiger partial charge < -0.3 is 10.1 Å². The number of anilines is 1. The molecule has 2 rings (SSSR count). The lowest BCUT2D eigenvalue weighted by Crippen LogP contribution is -2.22. The summed E-state index contributed by atoms with van der Waals surface area (Å²) < 4.78 is 30.0. The number of hydrogen-bond donors (Lipinski definition) is 1. The number of esters is 1. The summed E-state index contributed by atoms with van der Waals surface area (Å²) in [4.78, 5) is 23.9. The van der Waals surface area contributed by atoms with Crippen LogP contribution in [0.4, 0.5) is 14.5 Å². The Bertz CT molecular complexity index is 563. The molecular formula is C17H21F2NO3S. The highest BCUT2D eigenvalue weighted by atomic mass is 32.2. The minimum Gasteiger partial charge on any atom is -0.456 e. The van der Waals surface area contributed by atoms with E-state index in [1.807, 2.05) is 0 Å². The van der Waals surface area contributed by atoms with Crippen molar-refractivity contribution in [2.45, 2.75) is 49.2 Å². The van der Waals surface area contributed by atoms with Crippen LogP contribution in [0.3, 0.4) is 0 Å². The van der Waals surface area contributed by atoms with Gasteiger partial charge in [0, 0.05) is 11.3 Å². The molecule has 7 heteroatoms. The van der Waals surface area contributed by atoms with Crippen LogP contribution in [-0.4, -0.2) is 24.2 Å². The van der Waals surface area contributed by atoms with E-state index in [-0.39, 0.29) is 16.6 Å². The summed E-state index contributed by atoms with van der Waals surface area (Å²) in [6.07, 6.45) is 5.88. The van der Waals surface area contributed by atoms with Crippen LogP contribution in [0.2, 0.25) is 0 Å². The van der Waals surface area contributed by atoms with Crippen LogP contribution in [0.15, 0.2) is 29.2 Å². The van der Waals surface area contributed by atoms with Crippen molar-refractivity contribution < 1.29 is 23.1 Å². The van der Waals surface area contributed by atoms with E-state index in [1.165, 1.54) is 18.6 Å². The van der Waals surface area contributed by atoms with Crippen molar-refractivity contribution in [3.8, 4) is 0 Å². The molecule has 24 heavy (non-hydrogen) atoms. The van der Waals surface area contributed by atoms with Gasteiger partial charge in [-0.05, 0) is 30.9 Å². The molecule has 0 atom stereocenters. The van der Waals surface area contributed by atoms with E-state index >= 15 is 0 Å². The van der Waals surface area contributed by atoms with Crippen molar-refractivity contribution in [1.82, 2.24) is 0 Å². The minimum atomic E-state index is -2.57. The van der Waals surface area contributed by atoms with Crippen molar-refractivity contribution in [3.05, 3.63) is 24.3 Å². The van der Waals surface area contributed by atoms with Gasteiger partial charge in [-0.25, -0.2) is 0 Å². The van der Waals surface area contributed by atoms with Crippen LogP contribution in [0.25, 0.3) is 0 Å². The monoisotopic (exact) mass is 357 g/mol. The molecule has 0 spiro atoms. The Morgan fingerprint density at radius 3 is 2.62 bits per heavy atom. The maximum absolute atomic E-state index is 12.5. The highest BCUT2D eigenvalue weighted by Gasteiger charge is 2.19. The maximum atomic E-state index is 12.5. The molecule has 1 amide bonds. The third-order valence-corrected chi connectivity index (χ3v) is 4.71. The topological polar surface area (TPSA) is 55.4 Å². The number of hydrogen-bond acceptors (Lipinski definition) is 4. The molecule has 132 valence electrons. The van der Waals surface area contributed by atoms with Crippen LogP contribution in [0.5, 0.6) is 0 Å². The standard InChI is InChI=1S/C17H21F2NO3S/c18-17(19)24-14-9-5-4-8-13(14)20-15(21)11-23-16(22)10-12-6-2-1-3-7-12/h4-5,8-9,12,17H,1-3,6-7,10-11H2,(H,20,21). The average Bonchev–Trinajstić information content (AvgIpc) is 2.55. The van der Waals surface area contributed by atoms with Gasteiger partial charge in [0.15, 0.2) is 6.61 Å². The number of benzene rings is 1. The second-order valence-electron chi connectivity index (χ2n) is 5.79. The molecule has 0 unspecified atom stereocenters. The van der Waals surface area contributed by atoms with Crippen molar-refractivity contribution in [1.29, 1.82) is 0 Å². The predicted octanol–water partition coefficient (Wildman–Crippen LogP) is 4.45. The summed E-state index contributed by atoms with van der Waals surface area (Å²) in [7, 11) is 0. The van der Waals surface area contributed by atoms with Gasteiger partial charge in [0.05, 0.1) is 5.69 Å². The molecule has 0 aliphatic heterocycles. The summed E-state index contributed by atoms with van der Waals surface area (Å²) in [5, 5.41) is 2.50. The minimum absolute atomic E-state index is 0.273. The van der Waals surface area contributed by atoms with Crippen LogP contribution in [0.1, 0.15) is 38.5 Å². The van der Waals surface area contributed by atoms with Crippen molar-refractivity contribution in [2.24, 2.45) is 5.92 Å². The smallest absolute Gasteiger partial charge is 0.306 e. The number of thioether (sulfide) groups is 1. The molecule has 1 aromatic rings. The van der Waals surface area contributed by atoms with Gasteiger partial charge in [0.25, 0.3) is 11.7 Å². The van der Waals surface area contributed by atoms with E-state index in [9.17, 15) is 18.4 Å². The molecule has 0 radical (unpaired) electrons. The fourth-order valence-corrected chi connectivity index (χ4v) is 3.38. The van der Waals surface area contributed by atoms with Gasteiger partial charge in [-0.2, -0.15) is 8.78 Å². The lowest BCUT2D eigenvalue weighted by molar-refractivity contribution is -0.148. The molecule has 1 aliphatic rings. The number of amides is 1. The number of carbonyl (C=O) groups is 2. The van der Waals surface area contributed by atoms with Gasteiger partial charge in [0.2, 0.25) is 0 Å². The van der Waals surface area contributed by atoms with Crippen LogP contribution >= 0.6 is 11.8 Å².